The van der Waals surface area contributed by atoms with E-state index in [1.165, 1.54) is 24.8 Å². The van der Waals surface area contributed by atoms with Gasteiger partial charge in [0.15, 0.2) is 5.78 Å². The summed E-state index contributed by atoms with van der Waals surface area (Å²) in [5, 5.41) is 29.1. The predicted molar refractivity (Wildman–Crippen MR) is 207 cm³/mol. The highest BCUT2D eigenvalue weighted by molar-refractivity contribution is 6.00. The van der Waals surface area contributed by atoms with Crippen LogP contribution in [0.15, 0.2) is 11.1 Å². The zero-order chi connectivity index (χ0) is 38.5. The number of hydrogen-bond acceptors (Lipinski definition) is 7. The molecule has 53 heavy (non-hydrogen) atoms. The standard InChI is InChI=1S/C45H72N2O6/c1-26(2)36-31(48)23-45(34(49)25-46-24-27-12-10-11-21-47-27)20-19-43(8)28(37(36)45)13-14-33-42(7)17-16-35(41(5,6)32(42)15-18-44(33,43)9)53-39(52)30-22-29(38(50)51)40(30,3)4/h26-30,32-35,46-47,49H,10-25H2,1-9H3,(H,50,51)/t27-,28-,29+,30-,32+,33-,34+,35+,42+,43-,44-,45+/m1/s1. The zero-order valence-electron chi connectivity index (χ0n) is 34.5. The molecule has 0 aromatic carbocycles. The maximum Gasteiger partial charge on any atom is 0.309 e. The van der Waals surface area contributed by atoms with Gasteiger partial charge in [0.05, 0.1) is 17.9 Å². The number of aliphatic carboxylic acids is 1. The van der Waals surface area contributed by atoms with Crippen molar-refractivity contribution >= 4 is 17.7 Å². The fourth-order valence-corrected chi connectivity index (χ4v) is 14.9. The summed E-state index contributed by atoms with van der Waals surface area (Å²) in [5.41, 5.74) is 1.32. The summed E-state index contributed by atoms with van der Waals surface area (Å²) in [6.45, 7) is 23.0. The molecule has 4 N–H and O–H groups in total. The van der Waals surface area contributed by atoms with Crippen LogP contribution in [0.1, 0.15) is 146 Å². The third-order valence-electron chi connectivity index (χ3n) is 18.3. The average Bonchev–Trinajstić information content (AvgIpc) is 3.39. The number of ketones is 1. The molecule has 298 valence electrons. The summed E-state index contributed by atoms with van der Waals surface area (Å²) in [7, 11) is 0. The van der Waals surface area contributed by atoms with Crippen molar-refractivity contribution in [2.75, 3.05) is 19.6 Å². The molecule has 1 saturated heterocycles. The first-order valence-corrected chi connectivity index (χ1v) is 21.6. The Morgan fingerprint density at radius 3 is 2.25 bits per heavy atom. The molecule has 0 radical (unpaired) electrons. The maximum atomic E-state index is 14.1. The highest BCUT2D eigenvalue weighted by Crippen LogP contribution is 2.77. The van der Waals surface area contributed by atoms with Crippen molar-refractivity contribution < 1.29 is 29.3 Å². The number of piperidine rings is 1. The topological polar surface area (TPSA) is 125 Å². The van der Waals surface area contributed by atoms with Gasteiger partial charge in [-0.25, -0.2) is 0 Å². The lowest BCUT2D eigenvalue weighted by atomic mass is 9.33. The number of hydrogen-bond donors (Lipinski definition) is 4. The number of rotatable bonds is 9. The molecule has 0 amide bonds. The van der Waals surface area contributed by atoms with Gasteiger partial charge in [0.1, 0.15) is 6.10 Å². The first-order valence-electron chi connectivity index (χ1n) is 21.6. The van der Waals surface area contributed by atoms with E-state index in [1.807, 2.05) is 13.8 Å². The fourth-order valence-electron chi connectivity index (χ4n) is 14.9. The van der Waals surface area contributed by atoms with Crippen LogP contribution in [0.3, 0.4) is 0 Å². The monoisotopic (exact) mass is 737 g/mol. The minimum Gasteiger partial charge on any atom is -0.481 e. The van der Waals surface area contributed by atoms with E-state index in [0.717, 1.165) is 70.0 Å². The molecule has 8 nitrogen and oxygen atoms in total. The Hall–Kier alpha value is -1.77. The smallest absolute Gasteiger partial charge is 0.309 e. The second kappa shape index (κ2) is 13.4. The summed E-state index contributed by atoms with van der Waals surface area (Å²) in [4.78, 5) is 39.4. The van der Waals surface area contributed by atoms with Crippen molar-refractivity contribution in [2.24, 2.45) is 68.0 Å². The van der Waals surface area contributed by atoms with E-state index in [1.54, 1.807) is 0 Å². The van der Waals surface area contributed by atoms with Gasteiger partial charge in [0.25, 0.3) is 0 Å². The number of carboxylic acid groups (broad SMARTS) is 1. The van der Waals surface area contributed by atoms with Crippen molar-refractivity contribution in [3.8, 4) is 0 Å². The number of esters is 1. The zero-order valence-corrected chi connectivity index (χ0v) is 34.5. The molecular weight excluding hydrogens is 665 g/mol. The first-order chi connectivity index (χ1) is 24.8. The number of Topliss-reactive ketones (excluding diaryl/α,β-unsaturated/α-hetero) is 1. The highest BCUT2D eigenvalue weighted by atomic mass is 16.5. The second-order valence-corrected chi connectivity index (χ2v) is 21.5. The molecule has 0 spiro atoms. The molecule has 0 bridgehead atoms. The summed E-state index contributed by atoms with van der Waals surface area (Å²) in [5.74, 6) is -0.259. The van der Waals surface area contributed by atoms with Gasteiger partial charge in [-0.2, -0.15) is 0 Å². The van der Waals surface area contributed by atoms with E-state index < -0.39 is 28.8 Å². The van der Waals surface area contributed by atoms with E-state index in [9.17, 15) is 24.6 Å². The second-order valence-electron chi connectivity index (χ2n) is 21.5. The Bertz CT molecular complexity index is 1510. The molecule has 5 saturated carbocycles. The number of carbonyl (C=O) groups is 3. The van der Waals surface area contributed by atoms with Gasteiger partial charge in [-0.05, 0) is 128 Å². The Balaban J connectivity index is 1.12. The third-order valence-corrected chi connectivity index (χ3v) is 18.3. The number of ether oxygens (including phenoxy) is 1. The minimum atomic E-state index is -0.822. The van der Waals surface area contributed by atoms with Gasteiger partial charge in [0, 0.05) is 36.4 Å². The molecule has 6 aliphatic carbocycles. The Labute approximate surface area is 319 Å². The summed E-state index contributed by atoms with van der Waals surface area (Å²) >= 11 is 0. The molecular formula is C45H72N2O6. The SMILES string of the molecule is CC(C)C1=C2[C@H]3CC[C@@H]4[C@@]5(C)CC[C@H](OC(=O)[C@H]6C[C@@H](C(=O)O)C6(C)C)C(C)(C)[C@@H]5CC[C@@]4(C)[C@]3(C)CC[C@@]2([C@@H](O)CNC[C@H]2CCCCN2)CC1=O. The minimum absolute atomic E-state index is 0.0244. The van der Waals surface area contributed by atoms with E-state index in [2.05, 4.69) is 59.1 Å². The van der Waals surface area contributed by atoms with Gasteiger partial charge < -0.3 is 25.6 Å². The van der Waals surface area contributed by atoms with E-state index in [4.69, 9.17) is 4.74 Å². The van der Waals surface area contributed by atoms with Crippen molar-refractivity contribution in [2.45, 2.75) is 164 Å². The van der Waals surface area contributed by atoms with Gasteiger partial charge in [0.2, 0.25) is 0 Å². The molecule has 6 fully saturated rings. The van der Waals surface area contributed by atoms with E-state index in [0.29, 0.717) is 43.2 Å². The summed E-state index contributed by atoms with van der Waals surface area (Å²) in [6.07, 6.45) is 11.9. The van der Waals surface area contributed by atoms with Crippen LogP contribution in [-0.4, -0.2) is 65.8 Å². The lowest BCUT2D eigenvalue weighted by Crippen LogP contribution is -2.66. The Kier molecular flexibility index (Phi) is 10.00. The molecule has 8 heteroatoms. The molecule has 0 aromatic rings. The molecule has 7 rings (SSSR count). The van der Waals surface area contributed by atoms with Gasteiger partial charge in [-0.1, -0.05) is 74.3 Å². The van der Waals surface area contributed by atoms with Crippen LogP contribution in [0, 0.1) is 68.0 Å². The first kappa shape index (κ1) is 39.5. The van der Waals surface area contributed by atoms with Crippen molar-refractivity contribution in [3.05, 3.63) is 11.1 Å². The van der Waals surface area contributed by atoms with Gasteiger partial charge in [-0.15, -0.1) is 0 Å². The molecule has 12 atom stereocenters. The number of carbonyl (C=O) groups excluding carboxylic acids is 2. The number of nitrogens with one attached hydrogen (secondary N) is 2. The van der Waals surface area contributed by atoms with E-state index in [-0.39, 0.29) is 51.4 Å². The Morgan fingerprint density at radius 1 is 0.868 bits per heavy atom. The predicted octanol–water partition coefficient (Wildman–Crippen LogP) is 7.72. The van der Waals surface area contributed by atoms with Crippen molar-refractivity contribution in [1.29, 1.82) is 0 Å². The normalized spacial score (nSPS) is 45.0. The fraction of sp³-hybridized carbons (Fsp3) is 0.889. The average molecular weight is 737 g/mol. The van der Waals surface area contributed by atoms with Crippen LogP contribution in [0.4, 0.5) is 0 Å². The van der Waals surface area contributed by atoms with Crippen LogP contribution in [-0.2, 0) is 19.1 Å². The van der Waals surface area contributed by atoms with Crippen LogP contribution >= 0.6 is 0 Å². The van der Waals surface area contributed by atoms with Gasteiger partial charge in [-0.3, -0.25) is 14.4 Å². The summed E-state index contributed by atoms with van der Waals surface area (Å²) < 4.78 is 6.42. The molecule has 7 aliphatic rings. The number of allylic oxidation sites excluding steroid dienone is 1. The quantitative estimate of drug-likeness (QED) is 0.178. The number of aliphatic hydroxyl groups excluding tert-OH is 1. The van der Waals surface area contributed by atoms with E-state index >= 15 is 0 Å². The lowest BCUT2D eigenvalue weighted by molar-refractivity contribution is -0.238. The van der Waals surface area contributed by atoms with Crippen molar-refractivity contribution in [1.82, 2.24) is 10.6 Å². The maximum absolute atomic E-state index is 14.1. The molecule has 0 unspecified atom stereocenters. The van der Waals surface area contributed by atoms with Crippen LogP contribution in [0.25, 0.3) is 0 Å². The molecule has 1 aliphatic heterocycles. The summed E-state index contributed by atoms with van der Waals surface area (Å²) in [6, 6.07) is 0.454. The van der Waals surface area contributed by atoms with Crippen LogP contribution < -0.4 is 10.6 Å². The molecule has 0 aromatic heterocycles. The highest BCUT2D eigenvalue weighted by Gasteiger charge is 2.71. The van der Waals surface area contributed by atoms with Gasteiger partial charge >= 0.3 is 11.9 Å². The van der Waals surface area contributed by atoms with Crippen LogP contribution in [0.5, 0.6) is 0 Å². The third kappa shape index (κ3) is 5.78. The van der Waals surface area contributed by atoms with Crippen LogP contribution in [0.2, 0.25) is 0 Å². The Morgan fingerprint density at radius 2 is 1.60 bits per heavy atom. The largest absolute Gasteiger partial charge is 0.481 e. The number of fused-ring (bicyclic) bond motifs is 7. The lowest BCUT2D eigenvalue weighted by Gasteiger charge is -2.72. The number of aliphatic hydroxyl groups is 1. The van der Waals surface area contributed by atoms with Crippen molar-refractivity contribution in [3.63, 3.8) is 0 Å². The molecule has 1 heterocycles. The number of carboxylic acids is 1.